The third kappa shape index (κ3) is 2.64. The maximum absolute atomic E-state index is 2.39. The van der Waals surface area contributed by atoms with Crippen LogP contribution in [0.4, 0.5) is 0 Å². The summed E-state index contributed by atoms with van der Waals surface area (Å²) in [5, 5.41) is 0. The molecule has 1 saturated carbocycles. The predicted molar refractivity (Wildman–Crippen MR) is 88.9 cm³/mol. The molecule has 5 aliphatic rings. The molecule has 2 atom stereocenters. The Kier molecular flexibility index (Phi) is 3.55. The van der Waals surface area contributed by atoms with Crippen molar-refractivity contribution in [3.8, 4) is 0 Å². The highest BCUT2D eigenvalue weighted by molar-refractivity contribution is 5.35. The van der Waals surface area contributed by atoms with Gasteiger partial charge in [-0.25, -0.2) is 0 Å². The van der Waals surface area contributed by atoms with Crippen LogP contribution in [0.25, 0.3) is 0 Å². The smallest absolute Gasteiger partial charge is 0.00929 e. The van der Waals surface area contributed by atoms with Crippen molar-refractivity contribution in [2.45, 2.75) is 56.8 Å². The summed E-state index contributed by atoms with van der Waals surface area (Å²) < 4.78 is 0. The van der Waals surface area contributed by atoms with Crippen molar-refractivity contribution in [2.75, 3.05) is 0 Å². The number of rotatable bonds is 0. The highest BCUT2D eigenvalue weighted by Gasteiger charge is 2.33. The number of benzene rings is 2. The molecule has 0 amide bonds. The number of hydrogen-bond acceptors (Lipinski definition) is 0. The Labute approximate surface area is 128 Å². The van der Waals surface area contributed by atoms with E-state index < -0.39 is 0 Å². The van der Waals surface area contributed by atoms with Gasteiger partial charge in [0.25, 0.3) is 0 Å². The van der Waals surface area contributed by atoms with Crippen molar-refractivity contribution >= 4 is 0 Å². The third-order valence-corrected chi connectivity index (χ3v) is 5.52. The molecular formula is C21H24. The molecule has 5 aliphatic carbocycles. The summed E-state index contributed by atoms with van der Waals surface area (Å²) in [5.74, 6) is 1.49. The van der Waals surface area contributed by atoms with Gasteiger partial charge in [-0.3, -0.25) is 0 Å². The Balaban J connectivity index is 1.67. The summed E-state index contributed by atoms with van der Waals surface area (Å²) in [6, 6.07) is 19.0. The molecule has 0 aromatic heterocycles. The van der Waals surface area contributed by atoms with Crippen LogP contribution in [0.15, 0.2) is 48.5 Å². The lowest BCUT2D eigenvalue weighted by molar-refractivity contribution is 0.346. The molecule has 21 heavy (non-hydrogen) atoms. The van der Waals surface area contributed by atoms with Gasteiger partial charge in [0.05, 0.1) is 0 Å². The lowest BCUT2D eigenvalue weighted by Crippen LogP contribution is -2.21. The van der Waals surface area contributed by atoms with Gasteiger partial charge in [0.1, 0.15) is 0 Å². The van der Waals surface area contributed by atoms with Crippen molar-refractivity contribution in [1.82, 2.24) is 0 Å². The quantitative estimate of drug-likeness (QED) is 0.586. The minimum atomic E-state index is 0.745. The van der Waals surface area contributed by atoms with E-state index in [-0.39, 0.29) is 0 Å². The maximum atomic E-state index is 2.39. The summed E-state index contributed by atoms with van der Waals surface area (Å²) in [6.45, 7) is 0. The van der Waals surface area contributed by atoms with E-state index in [0.717, 1.165) is 11.8 Å². The summed E-state index contributed by atoms with van der Waals surface area (Å²) in [5.41, 5.74) is 6.14. The minimum Gasteiger partial charge on any atom is -0.0588 e. The SMILES string of the molecule is c1cc2ccc1CCCCCc1ccc(cc1)[C@@H]1CC[C@H]21. The zero-order valence-corrected chi connectivity index (χ0v) is 12.7. The molecule has 2 aromatic carbocycles. The summed E-state index contributed by atoms with van der Waals surface area (Å²) in [7, 11) is 0. The van der Waals surface area contributed by atoms with Gasteiger partial charge in [-0.05, 0) is 72.6 Å². The molecule has 108 valence electrons. The Hall–Kier alpha value is -1.56. The van der Waals surface area contributed by atoms with Gasteiger partial charge >= 0.3 is 0 Å². The van der Waals surface area contributed by atoms with Crippen LogP contribution < -0.4 is 0 Å². The van der Waals surface area contributed by atoms with Gasteiger partial charge < -0.3 is 0 Å². The molecule has 7 rings (SSSR count). The molecule has 0 spiro atoms. The van der Waals surface area contributed by atoms with Crippen molar-refractivity contribution in [3.05, 3.63) is 70.8 Å². The number of hydrogen-bond donors (Lipinski definition) is 0. The van der Waals surface area contributed by atoms with E-state index in [0.29, 0.717) is 0 Å². The van der Waals surface area contributed by atoms with Crippen molar-refractivity contribution in [2.24, 2.45) is 0 Å². The molecule has 0 radical (unpaired) electrons. The fourth-order valence-corrected chi connectivity index (χ4v) is 4.00. The molecule has 2 aromatic rings. The normalized spacial score (nSPS) is 24.8. The standard InChI is InChI=1S/C21H24/c1-2-4-16-6-10-18(11-7-16)20-14-15-21(20)19-12-8-17(5-3-1)9-13-19/h6-13,20-21H,1-5,14-15H2/t20-,21+. The molecule has 0 unspecified atom stereocenters. The van der Waals surface area contributed by atoms with Gasteiger partial charge in [0.15, 0.2) is 0 Å². The highest BCUT2D eigenvalue weighted by atomic mass is 14.4. The Bertz CT molecular complexity index is 535. The van der Waals surface area contributed by atoms with Crippen LogP contribution in [-0.4, -0.2) is 0 Å². The van der Waals surface area contributed by atoms with Crippen LogP contribution in [0.3, 0.4) is 0 Å². The second-order valence-electron chi connectivity index (χ2n) is 6.83. The van der Waals surface area contributed by atoms with E-state index in [1.807, 2.05) is 0 Å². The molecule has 0 heteroatoms. The van der Waals surface area contributed by atoms with Crippen molar-refractivity contribution < 1.29 is 0 Å². The van der Waals surface area contributed by atoms with Gasteiger partial charge in [0.2, 0.25) is 0 Å². The first-order valence-electron chi connectivity index (χ1n) is 8.58. The first-order chi connectivity index (χ1) is 10.4. The second kappa shape index (κ2) is 5.67. The average Bonchev–Trinajstić information content (AvgIpc) is 2.49. The fraction of sp³-hybridized carbons (Fsp3) is 0.429. The van der Waals surface area contributed by atoms with Gasteiger partial charge in [-0.2, -0.15) is 0 Å². The monoisotopic (exact) mass is 276 g/mol. The van der Waals surface area contributed by atoms with E-state index in [1.165, 1.54) is 56.1 Å². The van der Waals surface area contributed by atoms with Crippen LogP contribution in [0.1, 0.15) is 66.2 Å². The van der Waals surface area contributed by atoms with Crippen LogP contribution in [-0.2, 0) is 12.8 Å². The number of aryl methyl sites for hydroxylation is 2. The van der Waals surface area contributed by atoms with Gasteiger partial charge in [0, 0.05) is 0 Å². The van der Waals surface area contributed by atoms with E-state index >= 15 is 0 Å². The zero-order valence-electron chi connectivity index (χ0n) is 12.7. The lowest BCUT2D eigenvalue weighted by atomic mass is 9.67. The maximum Gasteiger partial charge on any atom is -0.00929 e. The molecule has 0 heterocycles. The van der Waals surface area contributed by atoms with Crippen molar-refractivity contribution in [1.29, 1.82) is 0 Å². The largest absolute Gasteiger partial charge is 0.0588 e. The average molecular weight is 276 g/mol. The highest BCUT2D eigenvalue weighted by Crippen LogP contribution is 2.49. The third-order valence-electron chi connectivity index (χ3n) is 5.52. The minimum absolute atomic E-state index is 0.745. The van der Waals surface area contributed by atoms with Crippen LogP contribution in [0, 0.1) is 0 Å². The molecule has 4 bridgehead atoms. The molecule has 1 fully saturated rings. The van der Waals surface area contributed by atoms with E-state index in [2.05, 4.69) is 48.5 Å². The summed E-state index contributed by atoms with van der Waals surface area (Å²) in [6.07, 6.45) is 9.18. The molecule has 0 saturated heterocycles. The van der Waals surface area contributed by atoms with Crippen LogP contribution in [0.2, 0.25) is 0 Å². The van der Waals surface area contributed by atoms with Gasteiger partial charge in [-0.15, -0.1) is 0 Å². The molecule has 0 nitrogen and oxygen atoms in total. The van der Waals surface area contributed by atoms with Crippen LogP contribution >= 0.6 is 0 Å². The first-order valence-corrected chi connectivity index (χ1v) is 8.58. The van der Waals surface area contributed by atoms with E-state index in [1.54, 1.807) is 11.1 Å². The molecule has 0 aliphatic heterocycles. The van der Waals surface area contributed by atoms with Crippen LogP contribution in [0.5, 0.6) is 0 Å². The Morgan fingerprint density at radius 2 is 0.952 bits per heavy atom. The Morgan fingerprint density at radius 3 is 1.33 bits per heavy atom. The second-order valence-corrected chi connectivity index (χ2v) is 6.83. The lowest BCUT2D eigenvalue weighted by Gasteiger charge is -2.37. The van der Waals surface area contributed by atoms with E-state index in [9.17, 15) is 0 Å². The fourth-order valence-electron chi connectivity index (χ4n) is 4.00. The predicted octanol–water partition coefficient (Wildman–Crippen LogP) is 5.62. The first kappa shape index (κ1) is 13.1. The zero-order chi connectivity index (χ0) is 14.1. The summed E-state index contributed by atoms with van der Waals surface area (Å²) >= 11 is 0. The molecular weight excluding hydrogens is 252 g/mol. The van der Waals surface area contributed by atoms with Crippen molar-refractivity contribution in [3.63, 3.8) is 0 Å². The summed E-state index contributed by atoms with van der Waals surface area (Å²) in [4.78, 5) is 0. The molecule has 0 N–H and O–H groups in total. The Morgan fingerprint density at radius 1 is 0.524 bits per heavy atom. The van der Waals surface area contributed by atoms with E-state index in [4.69, 9.17) is 0 Å². The topological polar surface area (TPSA) is 0 Å². The van der Waals surface area contributed by atoms with Gasteiger partial charge in [-0.1, -0.05) is 55.0 Å².